The number of hydrogen-bond donors (Lipinski definition) is 2. The van der Waals surface area contributed by atoms with Crippen LogP contribution in [0.15, 0.2) is 29.1 Å². The summed E-state index contributed by atoms with van der Waals surface area (Å²) in [7, 11) is 0. The summed E-state index contributed by atoms with van der Waals surface area (Å²) in [4.78, 5) is 12.1. The van der Waals surface area contributed by atoms with Crippen LogP contribution in [-0.4, -0.2) is 33.4 Å². The Balaban J connectivity index is 2.60. The van der Waals surface area contributed by atoms with Crippen molar-refractivity contribution in [2.75, 3.05) is 23.8 Å². The minimum Gasteiger partial charge on any atom is -0.395 e. The number of hydrogen-bond acceptors (Lipinski definition) is 4. The summed E-state index contributed by atoms with van der Waals surface area (Å²) in [5.41, 5.74) is -0.0976. The van der Waals surface area contributed by atoms with Crippen LogP contribution in [-0.2, 0) is 6.54 Å². The van der Waals surface area contributed by atoms with E-state index in [4.69, 9.17) is 5.11 Å². The second-order valence-corrected chi connectivity index (χ2v) is 4.55. The van der Waals surface area contributed by atoms with E-state index in [0.717, 1.165) is 5.39 Å². The van der Waals surface area contributed by atoms with E-state index in [1.54, 1.807) is 6.07 Å². The first-order chi connectivity index (χ1) is 8.77. The van der Waals surface area contributed by atoms with E-state index >= 15 is 0 Å². The van der Waals surface area contributed by atoms with E-state index in [9.17, 15) is 4.79 Å². The average Bonchev–Trinajstić information content (AvgIpc) is 2.41. The zero-order chi connectivity index (χ0) is 13.0. The molecule has 96 valence electrons. The number of rotatable bonds is 5. The molecular formula is C12H14BrN3O2. The Hall–Kier alpha value is -1.40. The highest BCUT2D eigenvalue weighted by atomic mass is 79.9. The summed E-state index contributed by atoms with van der Waals surface area (Å²) >= 11 is 3.30. The molecule has 5 nitrogen and oxygen atoms in total. The minimum atomic E-state index is -0.0976. The Morgan fingerprint density at radius 3 is 2.72 bits per heavy atom. The van der Waals surface area contributed by atoms with Gasteiger partial charge in [-0.15, -0.1) is 0 Å². The van der Waals surface area contributed by atoms with Crippen molar-refractivity contribution in [3.05, 3.63) is 34.6 Å². The van der Waals surface area contributed by atoms with Gasteiger partial charge in [0.25, 0.3) is 5.56 Å². The third kappa shape index (κ3) is 2.54. The molecule has 0 aliphatic rings. The van der Waals surface area contributed by atoms with Gasteiger partial charge < -0.3 is 10.4 Å². The van der Waals surface area contributed by atoms with E-state index in [1.807, 2.05) is 18.2 Å². The van der Waals surface area contributed by atoms with Gasteiger partial charge in [-0.25, -0.2) is 4.68 Å². The molecule has 0 radical (unpaired) electrons. The number of anilines is 1. The zero-order valence-electron chi connectivity index (χ0n) is 9.77. The van der Waals surface area contributed by atoms with Gasteiger partial charge in [0.1, 0.15) is 0 Å². The Bertz CT molecular complexity index is 597. The Kier molecular flexibility index (Phi) is 4.33. The maximum Gasteiger partial charge on any atom is 0.274 e. The van der Waals surface area contributed by atoms with Gasteiger partial charge in [0, 0.05) is 17.3 Å². The predicted octanol–water partition coefficient (Wildman–Crippen LogP) is 1.20. The van der Waals surface area contributed by atoms with E-state index in [0.29, 0.717) is 29.6 Å². The van der Waals surface area contributed by atoms with Gasteiger partial charge in [-0.3, -0.25) is 4.79 Å². The molecular weight excluding hydrogens is 298 g/mol. The first-order valence-electron chi connectivity index (χ1n) is 5.68. The second-order valence-electron chi connectivity index (χ2n) is 3.76. The van der Waals surface area contributed by atoms with Crippen LogP contribution in [0, 0.1) is 0 Å². The van der Waals surface area contributed by atoms with Crippen molar-refractivity contribution in [1.82, 2.24) is 9.78 Å². The number of aryl methyl sites for hydroxylation is 1. The van der Waals surface area contributed by atoms with Crippen LogP contribution in [0.4, 0.5) is 5.82 Å². The average molecular weight is 312 g/mol. The fourth-order valence-electron chi connectivity index (χ4n) is 1.77. The topological polar surface area (TPSA) is 67.2 Å². The van der Waals surface area contributed by atoms with Crippen LogP contribution in [0.5, 0.6) is 0 Å². The van der Waals surface area contributed by atoms with Gasteiger partial charge >= 0.3 is 0 Å². The van der Waals surface area contributed by atoms with E-state index in [2.05, 4.69) is 26.3 Å². The van der Waals surface area contributed by atoms with Gasteiger partial charge in [-0.2, -0.15) is 5.10 Å². The molecule has 0 bridgehead atoms. The summed E-state index contributed by atoms with van der Waals surface area (Å²) in [6.07, 6.45) is 0. The molecule has 0 spiro atoms. The maximum absolute atomic E-state index is 12.1. The molecule has 0 aliphatic carbocycles. The summed E-state index contributed by atoms with van der Waals surface area (Å²) < 4.78 is 1.43. The van der Waals surface area contributed by atoms with Crippen molar-refractivity contribution >= 4 is 32.5 Å². The van der Waals surface area contributed by atoms with Crippen molar-refractivity contribution in [2.45, 2.75) is 6.54 Å². The largest absolute Gasteiger partial charge is 0.395 e. The second kappa shape index (κ2) is 5.97. The summed E-state index contributed by atoms with van der Waals surface area (Å²) in [6.45, 7) is 0.939. The molecule has 18 heavy (non-hydrogen) atoms. The fraction of sp³-hybridized carbons (Fsp3) is 0.333. The molecule has 1 heterocycles. The fourth-order valence-corrected chi connectivity index (χ4v) is 2.11. The molecule has 1 aromatic heterocycles. The van der Waals surface area contributed by atoms with Gasteiger partial charge in [-0.05, 0) is 6.07 Å². The SMILES string of the molecule is O=c1c2ccccc2c(NCCO)nn1CCBr. The van der Waals surface area contributed by atoms with E-state index < -0.39 is 0 Å². The molecule has 2 N–H and O–H groups in total. The summed E-state index contributed by atoms with van der Waals surface area (Å²) in [6, 6.07) is 7.33. The first kappa shape index (κ1) is 13.0. The highest BCUT2D eigenvalue weighted by Crippen LogP contribution is 2.17. The van der Waals surface area contributed by atoms with Crippen LogP contribution in [0.3, 0.4) is 0 Å². The number of nitrogens with one attached hydrogen (secondary N) is 1. The minimum absolute atomic E-state index is 0.0214. The standard InChI is InChI=1S/C12H14BrN3O2/c13-5-7-16-12(18)10-4-2-1-3-9(10)11(15-16)14-6-8-17/h1-4,17H,5-8H2,(H,14,15). The van der Waals surface area contributed by atoms with Crippen molar-refractivity contribution in [1.29, 1.82) is 0 Å². The van der Waals surface area contributed by atoms with Gasteiger partial charge in [-0.1, -0.05) is 34.1 Å². The van der Waals surface area contributed by atoms with Crippen molar-refractivity contribution in [2.24, 2.45) is 0 Å². The summed E-state index contributed by atoms with van der Waals surface area (Å²) in [5, 5.41) is 18.2. The lowest BCUT2D eigenvalue weighted by Crippen LogP contribution is -2.25. The van der Waals surface area contributed by atoms with E-state index in [-0.39, 0.29) is 12.2 Å². The lowest BCUT2D eigenvalue weighted by atomic mass is 10.2. The third-order valence-corrected chi connectivity index (χ3v) is 2.92. The van der Waals surface area contributed by atoms with Crippen molar-refractivity contribution < 1.29 is 5.11 Å². The maximum atomic E-state index is 12.1. The molecule has 0 saturated carbocycles. The number of fused-ring (bicyclic) bond motifs is 1. The molecule has 0 aliphatic heterocycles. The monoisotopic (exact) mass is 311 g/mol. The Morgan fingerprint density at radius 1 is 1.33 bits per heavy atom. The van der Waals surface area contributed by atoms with E-state index in [1.165, 1.54) is 4.68 Å². The predicted molar refractivity (Wildman–Crippen MR) is 75.4 cm³/mol. The number of benzene rings is 1. The molecule has 0 atom stereocenters. The number of aliphatic hydroxyl groups excluding tert-OH is 1. The first-order valence-corrected chi connectivity index (χ1v) is 6.80. The number of nitrogens with zero attached hydrogens (tertiary/aromatic N) is 2. The normalized spacial score (nSPS) is 10.8. The smallest absolute Gasteiger partial charge is 0.274 e. The van der Waals surface area contributed by atoms with Crippen LogP contribution in [0.1, 0.15) is 0 Å². The van der Waals surface area contributed by atoms with Crippen LogP contribution >= 0.6 is 15.9 Å². The van der Waals surface area contributed by atoms with Crippen molar-refractivity contribution in [3.63, 3.8) is 0 Å². The van der Waals surface area contributed by atoms with Gasteiger partial charge in [0.15, 0.2) is 5.82 Å². The molecule has 1 aromatic carbocycles. The van der Waals surface area contributed by atoms with Crippen LogP contribution in [0.2, 0.25) is 0 Å². The quantitative estimate of drug-likeness (QED) is 0.814. The molecule has 0 amide bonds. The molecule has 0 saturated heterocycles. The Labute approximate surface area is 113 Å². The van der Waals surface area contributed by atoms with Gasteiger partial charge in [0.05, 0.1) is 18.5 Å². The molecule has 6 heteroatoms. The number of aliphatic hydroxyl groups is 1. The molecule has 0 fully saturated rings. The highest BCUT2D eigenvalue weighted by molar-refractivity contribution is 9.09. The Morgan fingerprint density at radius 2 is 2.06 bits per heavy atom. The number of halogens is 1. The summed E-state index contributed by atoms with van der Waals surface area (Å²) in [5.74, 6) is 0.625. The zero-order valence-corrected chi connectivity index (χ0v) is 11.4. The third-order valence-electron chi connectivity index (χ3n) is 2.57. The number of aromatic nitrogens is 2. The lowest BCUT2D eigenvalue weighted by Gasteiger charge is -2.11. The number of alkyl halides is 1. The van der Waals surface area contributed by atoms with Gasteiger partial charge in [0.2, 0.25) is 0 Å². The lowest BCUT2D eigenvalue weighted by molar-refractivity contribution is 0.311. The highest BCUT2D eigenvalue weighted by Gasteiger charge is 2.09. The molecule has 2 aromatic rings. The van der Waals surface area contributed by atoms with Crippen LogP contribution < -0.4 is 10.9 Å². The van der Waals surface area contributed by atoms with Crippen LogP contribution in [0.25, 0.3) is 10.8 Å². The molecule has 2 rings (SSSR count). The van der Waals surface area contributed by atoms with Crippen molar-refractivity contribution in [3.8, 4) is 0 Å². The molecule has 0 unspecified atom stereocenters.